The third kappa shape index (κ3) is 4.91. The summed E-state index contributed by atoms with van der Waals surface area (Å²) in [5.41, 5.74) is 1.47. The highest BCUT2D eigenvalue weighted by Crippen LogP contribution is 2.09. The first-order chi connectivity index (χ1) is 13.6. The molecule has 8 heteroatoms. The molecule has 1 saturated heterocycles. The van der Waals surface area contributed by atoms with Gasteiger partial charge in [-0.05, 0) is 36.2 Å². The molecule has 0 radical (unpaired) electrons. The molecule has 0 bridgehead atoms. The predicted molar refractivity (Wildman–Crippen MR) is 100 cm³/mol. The van der Waals surface area contributed by atoms with Crippen LogP contribution < -0.4 is 5.32 Å². The van der Waals surface area contributed by atoms with E-state index >= 15 is 0 Å². The van der Waals surface area contributed by atoms with E-state index in [1.165, 1.54) is 24.4 Å². The number of hydrogen-bond acceptors (Lipinski definition) is 4. The highest BCUT2D eigenvalue weighted by Gasteiger charge is 2.22. The van der Waals surface area contributed by atoms with E-state index in [0.717, 1.165) is 12.0 Å². The first-order valence-electron chi connectivity index (χ1n) is 9.04. The average molecular weight is 384 g/mol. The second-order valence-electron chi connectivity index (χ2n) is 6.50. The molecule has 0 atom stereocenters. The summed E-state index contributed by atoms with van der Waals surface area (Å²) in [5.74, 6) is -0.856. The Labute approximate surface area is 162 Å². The molecule has 0 saturated carbocycles. The summed E-state index contributed by atoms with van der Waals surface area (Å²) in [7, 11) is 0. The molecule has 1 aromatic heterocycles. The lowest BCUT2D eigenvalue weighted by Gasteiger charge is -2.32. The van der Waals surface area contributed by atoms with Crippen LogP contribution in [0.15, 0.2) is 42.6 Å². The van der Waals surface area contributed by atoms with Crippen LogP contribution in [0.25, 0.3) is 0 Å². The molecule has 2 heterocycles. The van der Waals surface area contributed by atoms with Gasteiger partial charge in [0.2, 0.25) is 6.41 Å². The van der Waals surface area contributed by atoms with Crippen molar-refractivity contribution in [2.45, 2.75) is 6.42 Å². The van der Waals surface area contributed by atoms with E-state index in [0.29, 0.717) is 44.7 Å². The lowest BCUT2D eigenvalue weighted by atomic mass is 10.1. The molecule has 28 heavy (non-hydrogen) atoms. The van der Waals surface area contributed by atoms with Gasteiger partial charge < -0.3 is 15.1 Å². The number of nitrogens with one attached hydrogen (secondary N) is 1. The summed E-state index contributed by atoms with van der Waals surface area (Å²) < 4.78 is 12.9. The van der Waals surface area contributed by atoms with Gasteiger partial charge in [-0.3, -0.25) is 19.4 Å². The molecule has 3 rings (SSSR count). The van der Waals surface area contributed by atoms with Gasteiger partial charge in [-0.15, -0.1) is 0 Å². The van der Waals surface area contributed by atoms with Crippen LogP contribution in [0, 0.1) is 5.82 Å². The summed E-state index contributed by atoms with van der Waals surface area (Å²) in [6.07, 6.45) is 2.78. The second kappa shape index (κ2) is 9.07. The van der Waals surface area contributed by atoms with E-state index in [2.05, 4.69) is 10.3 Å². The number of aromatic nitrogens is 1. The number of carbonyl (C=O) groups is 3. The standard InChI is InChI=1S/C20H21FN4O3/c21-17-3-1-15(2-4-17)5-7-23-19(27)16-6-8-22-18(13-16)20(28)25-11-9-24(14-26)10-12-25/h1-4,6,8,13-14H,5,7,9-12H2,(H,23,27). The van der Waals surface area contributed by atoms with Crippen molar-refractivity contribution in [1.29, 1.82) is 0 Å². The lowest BCUT2D eigenvalue weighted by molar-refractivity contribution is -0.119. The molecule has 1 aliphatic heterocycles. The molecule has 146 valence electrons. The fraction of sp³-hybridized carbons (Fsp3) is 0.300. The Morgan fingerprint density at radius 3 is 2.50 bits per heavy atom. The smallest absolute Gasteiger partial charge is 0.272 e. The molecular weight excluding hydrogens is 363 g/mol. The van der Waals surface area contributed by atoms with E-state index in [1.807, 2.05) is 0 Å². The topological polar surface area (TPSA) is 82.6 Å². The monoisotopic (exact) mass is 384 g/mol. The highest BCUT2D eigenvalue weighted by molar-refractivity contribution is 5.98. The van der Waals surface area contributed by atoms with Crippen LogP contribution in [0.4, 0.5) is 4.39 Å². The van der Waals surface area contributed by atoms with Crippen molar-refractivity contribution in [1.82, 2.24) is 20.1 Å². The fourth-order valence-corrected chi connectivity index (χ4v) is 2.95. The van der Waals surface area contributed by atoms with Crippen LogP contribution in [0.2, 0.25) is 0 Å². The van der Waals surface area contributed by atoms with Gasteiger partial charge in [0.15, 0.2) is 0 Å². The molecule has 2 aromatic rings. The predicted octanol–water partition coefficient (Wildman–Crippen LogP) is 1.11. The van der Waals surface area contributed by atoms with Crippen LogP contribution >= 0.6 is 0 Å². The van der Waals surface area contributed by atoms with Gasteiger partial charge in [0.25, 0.3) is 11.8 Å². The number of rotatable bonds is 6. The Kier molecular flexibility index (Phi) is 6.31. The minimum atomic E-state index is -0.302. The quantitative estimate of drug-likeness (QED) is 0.757. The van der Waals surface area contributed by atoms with Crippen LogP contribution in [0.5, 0.6) is 0 Å². The fourth-order valence-electron chi connectivity index (χ4n) is 2.95. The van der Waals surface area contributed by atoms with E-state index in [1.54, 1.807) is 28.0 Å². The van der Waals surface area contributed by atoms with Crippen molar-refractivity contribution in [3.05, 3.63) is 65.2 Å². The summed E-state index contributed by atoms with van der Waals surface area (Å²) in [6, 6.07) is 9.14. The Morgan fingerprint density at radius 1 is 1.11 bits per heavy atom. The average Bonchev–Trinajstić information content (AvgIpc) is 2.74. The number of amides is 3. The third-order valence-corrected chi connectivity index (χ3v) is 4.60. The van der Waals surface area contributed by atoms with Crippen LogP contribution in [0.3, 0.4) is 0 Å². The van der Waals surface area contributed by atoms with Crippen molar-refractivity contribution in [2.75, 3.05) is 32.7 Å². The molecule has 7 nitrogen and oxygen atoms in total. The molecule has 1 aliphatic rings. The second-order valence-corrected chi connectivity index (χ2v) is 6.50. The minimum Gasteiger partial charge on any atom is -0.352 e. The van der Waals surface area contributed by atoms with Gasteiger partial charge in [0.1, 0.15) is 11.5 Å². The Balaban J connectivity index is 1.56. The summed E-state index contributed by atoms with van der Waals surface area (Å²) >= 11 is 0. The molecule has 3 amide bonds. The molecular formula is C20H21FN4O3. The number of piperazine rings is 1. The zero-order valence-corrected chi connectivity index (χ0v) is 15.3. The molecule has 1 aromatic carbocycles. The van der Waals surface area contributed by atoms with Gasteiger partial charge in [-0.1, -0.05) is 12.1 Å². The van der Waals surface area contributed by atoms with Gasteiger partial charge in [0, 0.05) is 44.5 Å². The Morgan fingerprint density at radius 2 is 1.82 bits per heavy atom. The van der Waals surface area contributed by atoms with E-state index in [9.17, 15) is 18.8 Å². The SMILES string of the molecule is O=CN1CCN(C(=O)c2cc(C(=O)NCCc3ccc(F)cc3)ccn2)CC1. The van der Waals surface area contributed by atoms with Crippen molar-refractivity contribution in [3.8, 4) is 0 Å². The maximum absolute atomic E-state index is 12.9. The van der Waals surface area contributed by atoms with Crippen LogP contribution in [0.1, 0.15) is 26.4 Å². The third-order valence-electron chi connectivity index (χ3n) is 4.60. The minimum absolute atomic E-state index is 0.200. The molecule has 1 fully saturated rings. The highest BCUT2D eigenvalue weighted by atomic mass is 19.1. The molecule has 0 unspecified atom stereocenters. The zero-order chi connectivity index (χ0) is 19.9. The lowest BCUT2D eigenvalue weighted by Crippen LogP contribution is -2.48. The van der Waals surface area contributed by atoms with Crippen LogP contribution in [-0.2, 0) is 11.2 Å². The van der Waals surface area contributed by atoms with Gasteiger partial charge in [-0.25, -0.2) is 4.39 Å². The van der Waals surface area contributed by atoms with Crippen molar-refractivity contribution in [3.63, 3.8) is 0 Å². The van der Waals surface area contributed by atoms with E-state index in [-0.39, 0.29) is 23.3 Å². The maximum atomic E-state index is 12.9. The van der Waals surface area contributed by atoms with Gasteiger partial charge >= 0.3 is 0 Å². The number of carbonyl (C=O) groups excluding carboxylic acids is 3. The molecule has 0 spiro atoms. The number of nitrogens with zero attached hydrogens (tertiary/aromatic N) is 3. The zero-order valence-electron chi connectivity index (χ0n) is 15.3. The number of benzene rings is 1. The van der Waals surface area contributed by atoms with Crippen molar-refractivity contribution in [2.24, 2.45) is 0 Å². The normalized spacial score (nSPS) is 13.9. The first kappa shape index (κ1) is 19.5. The first-order valence-corrected chi connectivity index (χ1v) is 9.04. The summed E-state index contributed by atoms with van der Waals surface area (Å²) in [6.45, 7) is 2.24. The van der Waals surface area contributed by atoms with Gasteiger partial charge in [0.05, 0.1) is 0 Å². The summed E-state index contributed by atoms with van der Waals surface area (Å²) in [4.78, 5) is 43.0. The van der Waals surface area contributed by atoms with Crippen molar-refractivity contribution >= 4 is 18.2 Å². The Bertz CT molecular complexity index is 849. The summed E-state index contributed by atoms with van der Waals surface area (Å²) in [5, 5.41) is 2.79. The maximum Gasteiger partial charge on any atom is 0.272 e. The Hall–Kier alpha value is -3.29. The number of halogens is 1. The van der Waals surface area contributed by atoms with Gasteiger partial charge in [-0.2, -0.15) is 0 Å². The largest absolute Gasteiger partial charge is 0.352 e. The van der Waals surface area contributed by atoms with Crippen LogP contribution in [-0.4, -0.2) is 65.7 Å². The molecule has 0 aliphatic carbocycles. The van der Waals surface area contributed by atoms with E-state index < -0.39 is 0 Å². The molecule has 1 N–H and O–H groups in total. The number of hydrogen-bond donors (Lipinski definition) is 1. The number of pyridine rings is 1. The van der Waals surface area contributed by atoms with E-state index in [4.69, 9.17) is 0 Å². The van der Waals surface area contributed by atoms with Crippen molar-refractivity contribution < 1.29 is 18.8 Å².